The lowest BCUT2D eigenvalue weighted by atomic mass is 10.2. The van der Waals surface area contributed by atoms with E-state index in [0.29, 0.717) is 13.2 Å². The van der Waals surface area contributed by atoms with E-state index in [1.165, 1.54) is 6.07 Å². The molecule has 4 heteroatoms. The van der Waals surface area contributed by atoms with Crippen LogP contribution in [0.15, 0.2) is 42.5 Å². The van der Waals surface area contributed by atoms with E-state index in [1.807, 2.05) is 38.2 Å². The summed E-state index contributed by atoms with van der Waals surface area (Å²) < 4.78 is 24.6. The SMILES string of the molecule is CNCc1ccccc1OCCOc1cc(C)ccc1F. The molecule has 0 atom stereocenters. The number of nitrogens with one attached hydrogen (secondary N) is 1. The number of rotatable bonds is 7. The van der Waals surface area contributed by atoms with E-state index in [0.717, 1.165) is 23.4 Å². The number of halogens is 1. The Morgan fingerprint density at radius 1 is 1.00 bits per heavy atom. The highest BCUT2D eigenvalue weighted by molar-refractivity contribution is 5.33. The molecule has 0 aliphatic carbocycles. The monoisotopic (exact) mass is 289 g/mol. The molecule has 3 nitrogen and oxygen atoms in total. The van der Waals surface area contributed by atoms with Crippen LogP contribution in [0, 0.1) is 12.7 Å². The highest BCUT2D eigenvalue weighted by Gasteiger charge is 2.05. The van der Waals surface area contributed by atoms with Crippen LogP contribution < -0.4 is 14.8 Å². The summed E-state index contributed by atoms with van der Waals surface area (Å²) in [6, 6.07) is 12.6. The summed E-state index contributed by atoms with van der Waals surface area (Å²) >= 11 is 0. The van der Waals surface area contributed by atoms with Gasteiger partial charge in [-0.15, -0.1) is 0 Å². The topological polar surface area (TPSA) is 30.5 Å². The summed E-state index contributed by atoms with van der Waals surface area (Å²) in [6.45, 7) is 3.31. The second-order valence-electron chi connectivity index (χ2n) is 4.77. The van der Waals surface area contributed by atoms with E-state index in [2.05, 4.69) is 5.32 Å². The average molecular weight is 289 g/mol. The highest BCUT2D eigenvalue weighted by Crippen LogP contribution is 2.19. The molecule has 0 fully saturated rings. The van der Waals surface area contributed by atoms with Gasteiger partial charge in [-0.3, -0.25) is 0 Å². The highest BCUT2D eigenvalue weighted by atomic mass is 19.1. The predicted molar refractivity (Wildman–Crippen MR) is 81.3 cm³/mol. The van der Waals surface area contributed by atoms with E-state index >= 15 is 0 Å². The van der Waals surface area contributed by atoms with Crippen molar-refractivity contribution in [1.82, 2.24) is 5.32 Å². The summed E-state index contributed by atoms with van der Waals surface area (Å²) in [6.07, 6.45) is 0. The van der Waals surface area contributed by atoms with Crippen molar-refractivity contribution in [3.8, 4) is 11.5 Å². The normalized spacial score (nSPS) is 10.4. The van der Waals surface area contributed by atoms with Gasteiger partial charge in [0.05, 0.1) is 0 Å². The first-order valence-corrected chi connectivity index (χ1v) is 6.95. The molecule has 0 unspecified atom stereocenters. The number of ether oxygens (including phenoxy) is 2. The number of para-hydroxylation sites is 1. The van der Waals surface area contributed by atoms with Crippen molar-refractivity contribution in [2.45, 2.75) is 13.5 Å². The van der Waals surface area contributed by atoms with Crippen LogP contribution in [0.2, 0.25) is 0 Å². The van der Waals surface area contributed by atoms with E-state index in [9.17, 15) is 4.39 Å². The van der Waals surface area contributed by atoms with E-state index in [-0.39, 0.29) is 11.6 Å². The van der Waals surface area contributed by atoms with Crippen LogP contribution in [0.4, 0.5) is 4.39 Å². The summed E-state index contributed by atoms with van der Waals surface area (Å²) in [5, 5.41) is 3.09. The van der Waals surface area contributed by atoms with Crippen LogP contribution in [0.3, 0.4) is 0 Å². The van der Waals surface area contributed by atoms with Gasteiger partial charge in [-0.2, -0.15) is 0 Å². The summed E-state index contributed by atoms with van der Waals surface area (Å²) in [4.78, 5) is 0. The largest absolute Gasteiger partial charge is 0.490 e. The van der Waals surface area contributed by atoms with Gasteiger partial charge in [0.2, 0.25) is 0 Å². The minimum absolute atomic E-state index is 0.266. The maximum Gasteiger partial charge on any atom is 0.165 e. The van der Waals surface area contributed by atoms with Crippen LogP contribution >= 0.6 is 0 Å². The number of hydrogen-bond acceptors (Lipinski definition) is 3. The molecule has 1 N–H and O–H groups in total. The van der Waals surface area contributed by atoms with Gasteiger partial charge in [0, 0.05) is 12.1 Å². The average Bonchev–Trinajstić information content (AvgIpc) is 2.49. The molecule has 2 aromatic rings. The maximum absolute atomic E-state index is 13.5. The fourth-order valence-corrected chi connectivity index (χ4v) is 2.01. The van der Waals surface area contributed by atoms with E-state index in [4.69, 9.17) is 9.47 Å². The van der Waals surface area contributed by atoms with Crippen molar-refractivity contribution in [2.75, 3.05) is 20.3 Å². The Kier molecular flexibility index (Phi) is 5.58. The van der Waals surface area contributed by atoms with Crippen LogP contribution in [-0.4, -0.2) is 20.3 Å². The third-order valence-corrected chi connectivity index (χ3v) is 3.03. The molecule has 0 aliphatic heterocycles. The molecular formula is C17H20FNO2. The summed E-state index contributed by atoms with van der Waals surface area (Å²) in [7, 11) is 1.89. The van der Waals surface area contributed by atoms with Crippen LogP contribution in [0.1, 0.15) is 11.1 Å². The Hall–Kier alpha value is -2.07. The maximum atomic E-state index is 13.5. The van der Waals surface area contributed by atoms with Crippen molar-refractivity contribution >= 4 is 0 Å². The number of benzene rings is 2. The second-order valence-corrected chi connectivity index (χ2v) is 4.77. The Morgan fingerprint density at radius 3 is 2.48 bits per heavy atom. The minimum atomic E-state index is -0.351. The van der Waals surface area contributed by atoms with Gasteiger partial charge >= 0.3 is 0 Å². The lowest BCUT2D eigenvalue weighted by molar-refractivity contribution is 0.210. The third kappa shape index (κ3) is 4.46. The molecule has 112 valence electrons. The van der Waals surface area contributed by atoms with Crippen molar-refractivity contribution in [3.05, 3.63) is 59.4 Å². The Bertz CT molecular complexity index is 587. The molecule has 0 heterocycles. The molecule has 0 amide bonds. The Morgan fingerprint density at radius 2 is 1.71 bits per heavy atom. The molecule has 0 saturated heterocycles. The zero-order valence-corrected chi connectivity index (χ0v) is 12.4. The van der Waals surface area contributed by atoms with Gasteiger partial charge in [0.15, 0.2) is 11.6 Å². The molecule has 2 aromatic carbocycles. The van der Waals surface area contributed by atoms with Gasteiger partial charge in [0.1, 0.15) is 19.0 Å². The van der Waals surface area contributed by atoms with Gasteiger partial charge in [0.25, 0.3) is 0 Å². The molecule has 0 aromatic heterocycles. The lowest BCUT2D eigenvalue weighted by Gasteiger charge is -2.12. The number of hydrogen-bond donors (Lipinski definition) is 1. The number of aryl methyl sites for hydroxylation is 1. The zero-order valence-electron chi connectivity index (χ0n) is 12.4. The fourth-order valence-electron chi connectivity index (χ4n) is 2.01. The van der Waals surface area contributed by atoms with Crippen LogP contribution in [0.25, 0.3) is 0 Å². The van der Waals surface area contributed by atoms with Crippen LogP contribution in [-0.2, 0) is 6.54 Å². The zero-order chi connectivity index (χ0) is 15.1. The molecule has 21 heavy (non-hydrogen) atoms. The first-order chi connectivity index (χ1) is 10.2. The quantitative estimate of drug-likeness (QED) is 0.793. The second kappa shape index (κ2) is 7.64. The van der Waals surface area contributed by atoms with E-state index < -0.39 is 0 Å². The summed E-state index contributed by atoms with van der Waals surface area (Å²) in [5.74, 6) is 0.735. The van der Waals surface area contributed by atoms with Gasteiger partial charge in [-0.25, -0.2) is 4.39 Å². The molecule has 0 radical (unpaired) electrons. The summed E-state index contributed by atoms with van der Waals surface area (Å²) in [5.41, 5.74) is 2.05. The van der Waals surface area contributed by atoms with Crippen LogP contribution in [0.5, 0.6) is 11.5 Å². The van der Waals surface area contributed by atoms with Gasteiger partial charge < -0.3 is 14.8 Å². The molecule has 0 bridgehead atoms. The van der Waals surface area contributed by atoms with E-state index in [1.54, 1.807) is 12.1 Å². The first kappa shape index (κ1) is 15.3. The molecule has 0 saturated carbocycles. The Balaban J connectivity index is 1.86. The minimum Gasteiger partial charge on any atom is -0.490 e. The predicted octanol–water partition coefficient (Wildman–Crippen LogP) is 3.31. The van der Waals surface area contributed by atoms with Gasteiger partial charge in [-0.1, -0.05) is 24.3 Å². The molecular weight excluding hydrogens is 269 g/mol. The van der Waals surface area contributed by atoms with Gasteiger partial charge in [-0.05, 0) is 37.7 Å². The van der Waals surface area contributed by atoms with Crippen molar-refractivity contribution in [2.24, 2.45) is 0 Å². The lowest BCUT2D eigenvalue weighted by Crippen LogP contribution is -2.12. The Labute approximate surface area is 124 Å². The smallest absolute Gasteiger partial charge is 0.165 e. The van der Waals surface area contributed by atoms with Crippen molar-refractivity contribution in [1.29, 1.82) is 0 Å². The molecule has 2 rings (SSSR count). The van der Waals surface area contributed by atoms with Crippen molar-refractivity contribution in [3.63, 3.8) is 0 Å². The fraction of sp³-hybridized carbons (Fsp3) is 0.294. The van der Waals surface area contributed by atoms with Crippen molar-refractivity contribution < 1.29 is 13.9 Å². The first-order valence-electron chi connectivity index (χ1n) is 6.95. The third-order valence-electron chi connectivity index (χ3n) is 3.03. The standard InChI is InChI=1S/C17H20FNO2/c1-13-7-8-15(18)17(11-13)21-10-9-20-16-6-4-3-5-14(16)12-19-2/h3-8,11,19H,9-10,12H2,1-2H3. The molecule has 0 spiro atoms. The molecule has 0 aliphatic rings.